The van der Waals surface area contributed by atoms with Gasteiger partial charge in [0.2, 0.25) is 5.95 Å². The van der Waals surface area contributed by atoms with Crippen LogP contribution >= 0.6 is 36.6 Å². The number of aryl methyl sites for hydroxylation is 1. The molecule has 0 radical (unpaired) electrons. The van der Waals surface area contributed by atoms with E-state index in [4.69, 9.17) is 9.47 Å². The maximum Gasteiger partial charge on any atom is 0.255 e. The highest BCUT2D eigenvalue weighted by Crippen LogP contribution is 2.28. The van der Waals surface area contributed by atoms with Crippen molar-refractivity contribution in [1.82, 2.24) is 19.9 Å². The molecular formula is C20H27Cl2N5O3S. The van der Waals surface area contributed by atoms with Crippen molar-refractivity contribution < 1.29 is 9.47 Å². The van der Waals surface area contributed by atoms with E-state index in [1.807, 2.05) is 25.1 Å². The van der Waals surface area contributed by atoms with Crippen LogP contribution in [0.5, 0.6) is 11.5 Å². The summed E-state index contributed by atoms with van der Waals surface area (Å²) in [4.78, 5) is 26.9. The van der Waals surface area contributed by atoms with Gasteiger partial charge in [-0.2, -0.15) is 11.8 Å². The second-order valence-corrected chi connectivity index (χ2v) is 7.51. The quantitative estimate of drug-likeness (QED) is 0.375. The topological polar surface area (TPSA) is 105 Å². The Morgan fingerprint density at radius 3 is 2.55 bits per heavy atom. The number of anilines is 1. The molecule has 8 nitrogen and oxygen atoms in total. The first-order chi connectivity index (χ1) is 14.1. The van der Waals surface area contributed by atoms with Gasteiger partial charge >= 0.3 is 0 Å². The smallest absolute Gasteiger partial charge is 0.255 e. The normalized spacial score (nSPS) is 10.0. The number of nitrogens with one attached hydrogen (secondary N) is 3. The summed E-state index contributed by atoms with van der Waals surface area (Å²) in [7, 11) is 3.18. The van der Waals surface area contributed by atoms with Gasteiger partial charge in [-0.1, -0.05) is 6.07 Å². The largest absolute Gasteiger partial charge is 0.493 e. The SMILES string of the molecule is COc1ccc(Cc2cnc(NCCSCc3nc[nH]c3C)[nH]c2=O)cc1OC.Cl.Cl. The lowest BCUT2D eigenvalue weighted by molar-refractivity contribution is 0.354. The van der Waals surface area contributed by atoms with Crippen molar-refractivity contribution in [2.24, 2.45) is 0 Å². The van der Waals surface area contributed by atoms with Crippen LogP contribution in [0.1, 0.15) is 22.5 Å². The molecule has 0 spiro atoms. The van der Waals surface area contributed by atoms with Crippen molar-refractivity contribution in [3.05, 3.63) is 63.6 Å². The van der Waals surface area contributed by atoms with Crippen LogP contribution in [-0.4, -0.2) is 46.5 Å². The minimum absolute atomic E-state index is 0. The van der Waals surface area contributed by atoms with E-state index in [-0.39, 0.29) is 30.4 Å². The van der Waals surface area contributed by atoms with Crippen LogP contribution in [0.4, 0.5) is 5.95 Å². The molecule has 3 rings (SSSR count). The van der Waals surface area contributed by atoms with E-state index in [1.54, 1.807) is 38.5 Å². The van der Waals surface area contributed by atoms with Crippen LogP contribution in [0.2, 0.25) is 0 Å². The van der Waals surface area contributed by atoms with Gasteiger partial charge in [-0.3, -0.25) is 9.78 Å². The summed E-state index contributed by atoms with van der Waals surface area (Å²) in [5, 5.41) is 3.15. The summed E-state index contributed by atoms with van der Waals surface area (Å²) in [6.45, 7) is 2.71. The van der Waals surface area contributed by atoms with Crippen molar-refractivity contribution in [3.8, 4) is 11.5 Å². The average molecular weight is 488 g/mol. The molecule has 31 heavy (non-hydrogen) atoms. The second-order valence-electron chi connectivity index (χ2n) is 6.41. The third-order valence-corrected chi connectivity index (χ3v) is 5.40. The maximum absolute atomic E-state index is 12.4. The van der Waals surface area contributed by atoms with Crippen LogP contribution in [-0.2, 0) is 12.2 Å². The van der Waals surface area contributed by atoms with Crippen molar-refractivity contribution in [3.63, 3.8) is 0 Å². The predicted octanol–water partition coefficient (Wildman–Crippen LogP) is 3.60. The van der Waals surface area contributed by atoms with Gasteiger partial charge in [0.25, 0.3) is 5.56 Å². The number of H-pyrrole nitrogens is 2. The molecule has 3 aromatic rings. The van der Waals surface area contributed by atoms with Crippen LogP contribution in [0.15, 0.2) is 35.5 Å². The molecule has 0 fully saturated rings. The lowest BCUT2D eigenvalue weighted by Gasteiger charge is -2.10. The van der Waals surface area contributed by atoms with Gasteiger partial charge in [0.1, 0.15) is 0 Å². The molecule has 0 unspecified atom stereocenters. The number of halogens is 2. The summed E-state index contributed by atoms with van der Waals surface area (Å²) in [6.07, 6.45) is 3.78. The minimum atomic E-state index is -0.155. The molecule has 0 atom stereocenters. The van der Waals surface area contributed by atoms with E-state index in [9.17, 15) is 4.79 Å². The summed E-state index contributed by atoms with van der Waals surface area (Å²) in [5.74, 6) is 3.50. The van der Waals surface area contributed by atoms with Crippen LogP contribution in [0, 0.1) is 6.92 Å². The van der Waals surface area contributed by atoms with Gasteiger partial charge in [-0.25, -0.2) is 9.97 Å². The number of benzene rings is 1. The first-order valence-electron chi connectivity index (χ1n) is 9.20. The van der Waals surface area contributed by atoms with Gasteiger partial charge in [0.05, 0.1) is 26.2 Å². The summed E-state index contributed by atoms with van der Waals surface area (Å²) < 4.78 is 10.6. The molecule has 2 heterocycles. The Bertz CT molecular complexity index is 1010. The number of hydrogen-bond acceptors (Lipinski definition) is 7. The number of rotatable bonds is 10. The third kappa shape index (κ3) is 7.37. The molecular weight excluding hydrogens is 461 g/mol. The number of imidazole rings is 1. The Labute approximate surface area is 197 Å². The zero-order chi connectivity index (χ0) is 20.6. The Balaban J connectivity index is 0.00000240. The molecule has 0 amide bonds. The van der Waals surface area contributed by atoms with E-state index in [0.717, 1.165) is 28.5 Å². The minimum Gasteiger partial charge on any atom is -0.493 e. The van der Waals surface area contributed by atoms with E-state index < -0.39 is 0 Å². The average Bonchev–Trinajstić information content (AvgIpc) is 3.14. The van der Waals surface area contributed by atoms with Crippen LogP contribution in [0.25, 0.3) is 0 Å². The Kier molecular flexibility index (Phi) is 11.3. The molecule has 11 heteroatoms. The van der Waals surface area contributed by atoms with Gasteiger partial charge in [-0.05, 0) is 24.6 Å². The van der Waals surface area contributed by atoms with Crippen molar-refractivity contribution in [2.75, 3.05) is 31.8 Å². The Morgan fingerprint density at radius 1 is 1.13 bits per heavy atom. The zero-order valence-corrected chi connectivity index (χ0v) is 20.0. The molecule has 2 aromatic heterocycles. The monoisotopic (exact) mass is 487 g/mol. The first-order valence-corrected chi connectivity index (χ1v) is 10.4. The van der Waals surface area contributed by atoms with Gasteiger partial charge in [0.15, 0.2) is 11.5 Å². The molecule has 1 aromatic carbocycles. The third-order valence-electron chi connectivity index (χ3n) is 4.43. The van der Waals surface area contributed by atoms with E-state index in [1.165, 1.54) is 0 Å². The number of aromatic nitrogens is 4. The van der Waals surface area contributed by atoms with E-state index >= 15 is 0 Å². The molecule has 0 aliphatic rings. The highest BCUT2D eigenvalue weighted by molar-refractivity contribution is 7.98. The number of methoxy groups -OCH3 is 2. The number of ether oxygens (including phenoxy) is 2. The Morgan fingerprint density at radius 2 is 1.90 bits per heavy atom. The highest BCUT2D eigenvalue weighted by Gasteiger charge is 2.08. The summed E-state index contributed by atoms with van der Waals surface area (Å²) in [5.41, 5.74) is 3.55. The number of aromatic amines is 2. The fourth-order valence-corrected chi connectivity index (χ4v) is 3.67. The van der Waals surface area contributed by atoms with Crippen LogP contribution < -0.4 is 20.3 Å². The summed E-state index contributed by atoms with van der Waals surface area (Å²) in [6, 6.07) is 5.60. The standard InChI is InChI=1S/C20H25N5O3S.2ClH/c1-13-16(24-12-23-13)11-29-7-6-21-20-22-10-15(19(26)25-20)8-14-4-5-17(27-2)18(9-14)28-3;;/h4-5,9-10,12H,6-8,11H2,1-3H3,(H,23,24)(H2,21,22,25,26);2*1H. The number of nitrogens with zero attached hydrogens (tertiary/aromatic N) is 2. The fourth-order valence-electron chi connectivity index (χ4n) is 2.79. The molecule has 0 saturated heterocycles. The van der Waals surface area contributed by atoms with E-state index in [2.05, 4.69) is 25.3 Å². The zero-order valence-electron chi connectivity index (χ0n) is 17.6. The first kappa shape index (κ1) is 26.7. The molecule has 170 valence electrons. The Hall–Kier alpha value is -2.36. The summed E-state index contributed by atoms with van der Waals surface area (Å²) >= 11 is 1.77. The van der Waals surface area contributed by atoms with Gasteiger partial charge < -0.3 is 19.8 Å². The van der Waals surface area contributed by atoms with E-state index in [0.29, 0.717) is 36.0 Å². The molecule has 0 aliphatic carbocycles. The highest BCUT2D eigenvalue weighted by atomic mass is 35.5. The molecule has 3 N–H and O–H groups in total. The lowest BCUT2D eigenvalue weighted by atomic mass is 10.1. The van der Waals surface area contributed by atoms with Crippen molar-refractivity contribution in [1.29, 1.82) is 0 Å². The predicted molar refractivity (Wildman–Crippen MR) is 130 cm³/mol. The second kappa shape index (κ2) is 13.1. The molecule has 0 aliphatic heterocycles. The van der Waals surface area contributed by atoms with Crippen molar-refractivity contribution >= 4 is 42.5 Å². The van der Waals surface area contributed by atoms with Crippen molar-refractivity contribution in [2.45, 2.75) is 19.1 Å². The van der Waals surface area contributed by atoms with Gasteiger partial charge in [-0.15, -0.1) is 24.8 Å². The molecule has 0 saturated carbocycles. The van der Waals surface area contributed by atoms with Gasteiger partial charge in [0, 0.05) is 41.9 Å². The molecule has 0 bridgehead atoms. The lowest BCUT2D eigenvalue weighted by Crippen LogP contribution is -2.18. The number of thioether (sulfide) groups is 1. The maximum atomic E-state index is 12.4. The fraction of sp³-hybridized carbons (Fsp3) is 0.350. The van der Waals surface area contributed by atoms with Crippen LogP contribution in [0.3, 0.4) is 0 Å². The number of hydrogen-bond donors (Lipinski definition) is 3.